The monoisotopic (exact) mass is 400 g/mol. The summed E-state index contributed by atoms with van der Waals surface area (Å²) in [5, 5.41) is 2.74. The van der Waals surface area contributed by atoms with E-state index in [0.717, 1.165) is 25.0 Å². The van der Waals surface area contributed by atoms with E-state index in [1.165, 1.54) is 30.5 Å². The number of nitrogens with zero attached hydrogens (tertiary/aromatic N) is 2. The van der Waals surface area contributed by atoms with Gasteiger partial charge in [-0.1, -0.05) is 0 Å². The number of benzene rings is 1. The first kappa shape index (κ1) is 19.2. The van der Waals surface area contributed by atoms with Crippen molar-refractivity contribution in [3.63, 3.8) is 0 Å². The number of hydrogen-bond donors (Lipinski definition) is 2. The minimum Gasteiger partial charge on any atom is -0.384 e. The zero-order chi connectivity index (χ0) is 20.8. The van der Waals surface area contributed by atoms with Gasteiger partial charge in [-0.2, -0.15) is 4.99 Å². The molecular formula is C21H19F3N4O. The summed E-state index contributed by atoms with van der Waals surface area (Å²) < 4.78 is 41.1. The second-order valence-corrected chi connectivity index (χ2v) is 7.61. The molecule has 0 aliphatic heterocycles. The normalized spacial score (nSPS) is 22.5. The van der Waals surface area contributed by atoms with Crippen LogP contribution in [0.5, 0.6) is 0 Å². The molecule has 8 heteroatoms. The van der Waals surface area contributed by atoms with Crippen LogP contribution in [0.2, 0.25) is 0 Å². The molecule has 2 fully saturated rings. The van der Waals surface area contributed by atoms with E-state index >= 15 is 0 Å². The Morgan fingerprint density at radius 1 is 1.24 bits per heavy atom. The molecular weight excluding hydrogens is 381 g/mol. The van der Waals surface area contributed by atoms with Gasteiger partial charge < -0.3 is 11.1 Å². The Bertz CT molecular complexity index is 1060. The molecule has 0 radical (unpaired) electrons. The van der Waals surface area contributed by atoms with Crippen molar-refractivity contribution in [1.82, 2.24) is 4.98 Å². The number of amidine groups is 1. The molecule has 2 aliphatic rings. The summed E-state index contributed by atoms with van der Waals surface area (Å²) in [5.41, 5.74) is 5.13. The number of anilines is 1. The zero-order valence-corrected chi connectivity index (χ0v) is 15.7. The fraction of sp³-hybridized carbons (Fsp3) is 0.286. The molecule has 1 aromatic heterocycles. The number of nitrogens with one attached hydrogen (secondary N) is 1. The highest BCUT2D eigenvalue weighted by Crippen LogP contribution is 2.79. The van der Waals surface area contributed by atoms with Crippen LogP contribution >= 0.6 is 0 Å². The highest BCUT2D eigenvalue weighted by atomic mass is 19.1. The summed E-state index contributed by atoms with van der Waals surface area (Å²) in [5.74, 6) is -2.60. The fourth-order valence-electron chi connectivity index (χ4n) is 3.96. The van der Waals surface area contributed by atoms with Crippen LogP contribution in [0, 0.1) is 22.9 Å². The van der Waals surface area contributed by atoms with Crippen LogP contribution < -0.4 is 11.1 Å². The SMILES string of the molecule is C/C(=C/C(N)=NC(=O)C1(c2ncccc2F)CC12CC2)Nc1ccc(F)cc1F. The quantitative estimate of drug-likeness (QED) is 0.591. The van der Waals surface area contributed by atoms with Crippen LogP contribution in [-0.4, -0.2) is 16.7 Å². The van der Waals surface area contributed by atoms with E-state index in [1.54, 1.807) is 6.92 Å². The predicted octanol–water partition coefficient (Wildman–Crippen LogP) is 3.82. The average molecular weight is 400 g/mol. The van der Waals surface area contributed by atoms with Crippen LogP contribution in [0.15, 0.2) is 53.3 Å². The Hall–Kier alpha value is -3.16. The van der Waals surface area contributed by atoms with E-state index in [-0.39, 0.29) is 22.6 Å². The Balaban J connectivity index is 1.56. The zero-order valence-electron chi connectivity index (χ0n) is 15.7. The van der Waals surface area contributed by atoms with Gasteiger partial charge in [0.25, 0.3) is 5.91 Å². The summed E-state index contributed by atoms with van der Waals surface area (Å²) in [6.07, 6.45) is 4.98. The van der Waals surface area contributed by atoms with Crippen LogP contribution in [-0.2, 0) is 10.2 Å². The molecule has 3 N–H and O–H groups in total. The summed E-state index contributed by atoms with van der Waals surface area (Å²) in [4.78, 5) is 21.0. The van der Waals surface area contributed by atoms with E-state index in [9.17, 15) is 18.0 Å². The van der Waals surface area contributed by atoms with Crippen molar-refractivity contribution >= 4 is 17.4 Å². The lowest BCUT2D eigenvalue weighted by atomic mass is 9.95. The number of halogens is 3. The van der Waals surface area contributed by atoms with Gasteiger partial charge in [0.05, 0.1) is 11.4 Å². The topological polar surface area (TPSA) is 80.4 Å². The lowest BCUT2D eigenvalue weighted by molar-refractivity contribution is -0.120. The smallest absolute Gasteiger partial charge is 0.260 e. The number of aliphatic imine (C=N–C) groups is 1. The maximum atomic E-state index is 14.3. The number of allylic oxidation sites excluding steroid dienone is 1. The molecule has 1 spiro atoms. The molecule has 1 aromatic carbocycles. The number of pyridine rings is 1. The standard InChI is InChI=1S/C21H19F3N4O/c1-12(27-16-5-4-13(22)10-15(16)24)9-17(25)28-19(29)21(11-20(21)6-7-20)18-14(23)3-2-8-26-18/h2-5,8-10,27H,6-7,11H2,1H3,(H2,25,28,29)/b12-9-. The lowest BCUT2D eigenvalue weighted by Crippen LogP contribution is -2.27. The molecule has 0 saturated heterocycles. The first-order valence-electron chi connectivity index (χ1n) is 9.17. The second-order valence-electron chi connectivity index (χ2n) is 7.61. The summed E-state index contributed by atoms with van der Waals surface area (Å²) in [6, 6.07) is 5.88. The van der Waals surface area contributed by atoms with Gasteiger partial charge in [-0.25, -0.2) is 13.2 Å². The van der Waals surface area contributed by atoms with Gasteiger partial charge in [-0.15, -0.1) is 0 Å². The summed E-state index contributed by atoms with van der Waals surface area (Å²) >= 11 is 0. The first-order chi connectivity index (χ1) is 13.8. The number of rotatable bonds is 5. The van der Waals surface area contributed by atoms with Crippen LogP contribution in [0.3, 0.4) is 0 Å². The predicted molar refractivity (Wildman–Crippen MR) is 103 cm³/mol. The Morgan fingerprint density at radius 3 is 2.62 bits per heavy atom. The molecule has 2 saturated carbocycles. The van der Waals surface area contributed by atoms with Crippen molar-refractivity contribution in [3.05, 3.63) is 71.4 Å². The van der Waals surface area contributed by atoms with Crippen LogP contribution in [0.25, 0.3) is 0 Å². The van der Waals surface area contributed by atoms with Crippen molar-refractivity contribution in [3.8, 4) is 0 Å². The van der Waals surface area contributed by atoms with E-state index in [0.29, 0.717) is 12.1 Å². The lowest BCUT2D eigenvalue weighted by Gasteiger charge is -2.14. The minimum absolute atomic E-state index is 0.0606. The Labute approximate surface area is 165 Å². The summed E-state index contributed by atoms with van der Waals surface area (Å²) in [6.45, 7) is 1.60. The third kappa shape index (κ3) is 3.28. The molecule has 1 atom stereocenters. The molecule has 150 valence electrons. The number of nitrogens with two attached hydrogens (primary N) is 1. The molecule has 29 heavy (non-hydrogen) atoms. The third-order valence-corrected chi connectivity index (χ3v) is 5.62. The van der Waals surface area contributed by atoms with E-state index < -0.39 is 28.8 Å². The van der Waals surface area contributed by atoms with Gasteiger partial charge >= 0.3 is 0 Å². The minimum atomic E-state index is -1.07. The molecule has 1 unspecified atom stereocenters. The maximum Gasteiger partial charge on any atom is 0.260 e. The number of hydrogen-bond acceptors (Lipinski definition) is 3. The van der Waals surface area contributed by atoms with E-state index in [1.807, 2.05) is 0 Å². The van der Waals surface area contributed by atoms with E-state index in [2.05, 4.69) is 15.3 Å². The van der Waals surface area contributed by atoms with Gasteiger partial charge in [0.2, 0.25) is 0 Å². The highest BCUT2D eigenvalue weighted by Gasteiger charge is 2.79. The molecule has 1 heterocycles. The molecule has 1 amide bonds. The van der Waals surface area contributed by atoms with Gasteiger partial charge in [-0.3, -0.25) is 9.78 Å². The largest absolute Gasteiger partial charge is 0.384 e. The van der Waals surface area contributed by atoms with Gasteiger partial charge in [0, 0.05) is 18.0 Å². The molecule has 2 aliphatic carbocycles. The van der Waals surface area contributed by atoms with E-state index in [4.69, 9.17) is 5.73 Å². The fourth-order valence-corrected chi connectivity index (χ4v) is 3.96. The molecule has 5 nitrogen and oxygen atoms in total. The number of carbonyl (C=O) groups excluding carboxylic acids is 1. The van der Waals surface area contributed by atoms with Crippen LogP contribution in [0.4, 0.5) is 18.9 Å². The number of aromatic nitrogens is 1. The molecule has 4 rings (SSSR count). The van der Waals surface area contributed by atoms with Crippen molar-refractivity contribution in [2.45, 2.75) is 31.6 Å². The summed E-state index contributed by atoms with van der Waals surface area (Å²) in [7, 11) is 0. The maximum absolute atomic E-state index is 14.3. The van der Waals surface area contributed by atoms with Gasteiger partial charge in [-0.05, 0) is 61.9 Å². The van der Waals surface area contributed by atoms with Crippen molar-refractivity contribution in [1.29, 1.82) is 0 Å². The van der Waals surface area contributed by atoms with Crippen molar-refractivity contribution in [2.24, 2.45) is 16.1 Å². The van der Waals surface area contributed by atoms with Gasteiger partial charge in [0.1, 0.15) is 28.7 Å². The number of amides is 1. The van der Waals surface area contributed by atoms with Crippen LogP contribution in [0.1, 0.15) is 31.9 Å². The number of carbonyl (C=O) groups is 1. The molecule has 2 aromatic rings. The molecule has 0 bridgehead atoms. The first-order valence-corrected chi connectivity index (χ1v) is 9.17. The van der Waals surface area contributed by atoms with Gasteiger partial charge in [0.15, 0.2) is 0 Å². The second kappa shape index (κ2) is 6.72. The van der Waals surface area contributed by atoms with Crippen molar-refractivity contribution < 1.29 is 18.0 Å². The third-order valence-electron chi connectivity index (χ3n) is 5.62. The average Bonchev–Trinajstić information content (AvgIpc) is 3.56. The highest BCUT2D eigenvalue weighted by molar-refractivity contribution is 6.05. The Kier molecular flexibility index (Phi) is 4.44. The Morgan fingerprint density at radius 2 is 2.00 bits per heavy atom. The van der Waals surface area contributed by atoms with Crippen molar-refractivity contribution in [2.75, 3.05) is 5.32 Å².